The summed E-state index contributed by atoms with van der Waals surface area (Å²) in [6.45, 7) is 25.4. The monoisotopic (exact) mass is 2000 g/mol. The van der Waals surface area contributed by atoms with Gasteiger partial charge in [0.05, 0.1) is 54.9 Å². The van der Waals surface area contributed by atoms with Gasteiger partial charge in [-0.1, -0.05) is 106 Å². The summed E-state index contributed by atoms with van der Waals surface area (Å²) in [5.74, 6) is -3.97. The molecule has 5 aromatic rings. The Labute approximate surface area is 774 Å². The number of nitrogens with two attached hydrogens (primary N) is 1. The fourth-order valence-electron chi connectivity index (χ4n) is 12.7. The van der Waals surface area contributed by atoms with Gasteiger partial charge in [-0.05, 0) is 278 Å². The summed E-state index contributed by atoms with van der Waals surface area (Å²) in [4.78, 5) is 132. The molecular weight excluding hydrogens is 1890 g/mol. The highest BCUT2D eigenvalue weighted by Crippen LogP contribution is 2.34. The van der Waals surface area contributed by atoms with Crippen molar-refractivity contribution < 1.29 is 89.2 Å². The van der Waals surface area contributed by atoms with E-state index in [1.165, 1.54) is 119 Å². The minimum atomic E-state index is -0.953. The third kappa shape index (κ3) is 39.1. The molecule has 5 atom stereocenters. The highest BCUT2D eigenvalue weighted by atomic mass is 127. The molecule has 123 heavy (non-hydrogen) atoms. The Hall–Kier alpha value is -7.46. The number of Topliss-reactive ketones (excluding diaryl/α,β-unsaturated/α-hetero) is 1. The van der Waals surface area contributed by atoms with Gasteiger partial charge in [0, 0.05) is 58.8 Å². The molecule has 5 fully saturated rings. The lowest BCUT2D eigenvalue weighted by molar-refractivity contribution is -0.144. The van der Waals surface area contributed by atoms with Crippen LogP contribution in [0, 0.1) is 29.1 Å². The number of rotatable bonds is 12. The largest absolute Gasteiger partial charge is 0.480 e. The highest BCUT2D eigenvalue weighted by molar-refractivity contribution is 14.1. The summed E-state index contributed by atoms with van der Waals surface area (Å²) in [7, 11) is 4.81. The molecule has 0 unspecified atom stereocenters. The van der Waals surface area contributed by atoms with E-state index in [4.69, 9.17) is 94.7 Å². The molecule has 5 aliphatic rings. The quantitative estimate of drug-likeness (QED) is 0.0199. The van der Waals surface area contributed by atoms with Crippen LogP contribution in [0.2, 0.25) is 25.1 Å². The van der Waals surface area contributed by atoms with Crippen LogP contribution in [0.5, 0.6) is 0 Å². The molecule has 0 spiro atoms. The first kappa shape index (κ1) is 114. The van der Waals surface area contributed by atoms with E-state index in [1.54, 1.807) is 83.5 Å². The Morgan fingerprint density at radius 3 is 1.10 bits per heavy atom. The number of benzene rings is 5. The number of allylic oxidation sites excluding steroid dienone is 1. The van der Waals surface area contributed by atoms with Gasteiger partial charge in [0.2, 0.25) is 28.9 Å². The minimum absolute atomic E-state index is 0. The molecule has 7 amide bonds. The number of amides is 7. The second-order valence-corrected chi connectivity index (χ2v) is 33.6. The first-order valence-electron chi connectivity index (χ1n) is 39.0. The van der Waals surface area contributed by atoms with Crippen molar-refractivity contribution in [3.8, 4) is 0 Å². The van der Waals surface area contributed by atoms with E-state index in [9.17, 15) is 69.9 Å². The van der Waals surface area contributed by atoms with Crippen LogP contribution >= 0.6 is 117 Å². The van der Waals surface area contributed by atoms with Crippen molar-refractivity contribution in [2.24, 2.45) is 0 Å². The van der Waals surface area contributed by atoms with Crippen LogP contribution in [0.25, 0.3) is 0 Å². The molecule has 0 aromatic heterocycles. The fourth-order valence-corrected chi connectivity index (χ4v) is 13.9. The Morgan fingerprint density at radius 2 is 0.772 bits per heavy atom. The van der Waals surface area contributed by atoms with Gasteiger partial charge in [-0.15, -0.1) is 24.8 Å². The number of ketones is 1. The van der Waals surface area contributed by atoms with E-state index in [2.05, 4.69) is 41.1 Å². The standard InChI is InChI=1S/C18H24ClFN2O3.C18H23ClFNO3.C16H18ClFN2O2.C13H16ClFN2O.C11H19NO4.C6H5ClFN.C3H3ClO.CH3I.2ClH/c1-18(2,3)25-17(24)22-10-6-5-7-15(22)16(23)21(4)14-9-8-12(20)11-13(14)19;1-18(2,3)24-17(23)21-9-5-4-6-15(21)16(22)10-12-7-8-13(20)11-14(12)19;1-3-15(21)20-9-5-4-6-14(20)16(22)19(2)13-8-7-11(18)10-12(13)17;1-17(12-6-5-9(15)8-10(12)14)13(18)11-4-2-3-7-16-11;1-11(2,3)16-10(15)12-7-5-4-6-8(12)9(13)14;7-5-3-4(8)1-2-6(5)9;1-2-3(4)5;1-2;;/h8-9,11,15H,5-7,10H2,1-4H3;7-8,11,15H,4-6,9-10H2,1-3H3;3,7-8,10,14H,1,4-6,9H2,2H3;5-6,8,11,16H,2-4,7H2,1H3;8H,4-7H2,1-3H3,(H,13,14);1-3H,9H2;2H,1H2;1H3;2*1H/t2*15-;14-;11-;8-;;;;;/m00000...../s1. The van der Waals surface area contributed by atoms with Crippen LogP contribution in [0.3, 0.4) is 0 Å². The van der Waals surface area contributed by atoms with Crippen LogP contribution < -0.4 is 25.8 Å². The van der Waals surface area contributed by atoms with E-state index in [0.717, 1.165) is 95.4 Å². The predicted molar refractivity (Wildman–Crippen MR) is 490 cm³/mol. The molecule has 0 saturated carbocycles. The predicted octanol–water partition coefficient (Wildman–Crippen LogP) is 21.0. The number of aliphatic carboxylic acids is 1. The number of carboxylic acid groups (broad SMARTS) is 1. The molecule has 0 radical (unpaired) electrons. The highest BCUT2D eigenvalue weighted by Gasteiger charge is 2.40. The average molecular weight is 2000 g/mol. The van der Waals surface area contributed by atoms with Gasteiger partial charge in [0.25, 0.3) is 0 Å². The Balaban J connectivity index is 0.000000736. The van der Waals surface area contributed by atoms with Crippen molar-refractivity contribution in [2.75, 3.05) is 79.2 Å². The van der Waals surface area contributed by atoms with Crippen LogP contribution in [0.1, 0.15) is 164 Å². The summed E-state index contributed by atoms with van der Waals surface area (Å²) < 4.78 is 80.7. The number of nitrogens with zero attached hydrogens (tertiary/aromatic N) is 7. The van der Waals surface area contributed by atoms with E-state index in [0.29, 0.717) is 80.2 Å². The lowest BCUT2D eigenvalue weighted by Gasteiger charge is -2.37. The molecule has 0 bridgehead atoms. The maximum Gasteiger partial charge on any atom is 0.411 e. The number of carbonyl (C=O) groups is 10. The molecular formula is C86H113Cl8F5IN9O14. The number of nitrogen functional groups attached to an aromatic ring is 1. The first-order valence-corrected chi connectivity index (χ1v) is 43.5. The van der Waals surface area contributed by atoms with E-state index >= 15 is 0 Å². The van der Waals surface area contributed by atoms with Gasteiger partial charge in [0.15, 0.2) is 5.78 Å². The number of hydrogen-bond acceptors (Lipinski definition) is 15. The van der Waals surface area contributed by atoms with Crippen molar-refractivity contribution in [3.05, 3.63) is 176 Å². The number of nitrogens with one attached hydrogen (secondary N) is 1. The summed E-state index contributed by atoms with van der Waals surface area (Å²) in [6, 6.07) is 17.1. The fraction of sp³-hybridized carbons (Fsp3) is 0.488. The molecule has 5 heterocycles. The van der Waals surface area contributed by atoms with E-state index < -0.39 is 93.7 Å². The molecule has 0 aliphatic carbocycles. The summed E-state index contributed by atoms with van der Waals surface area (Å²) in [5.41, 5.74) is 5.80. The molecule has 4 N–H and O–H groups in total. The smallest absolute Gasteiger partial charge is 0.411 e. The SMILES string of the molecule is C=CC(=O)Cl.C=CC(=O)N1CCCC[C@H]1C(=O)N(C)c1ccc(F)cc1Cl.CC(C)(C)OC(=O)N1CCCC[C@H]1C(=O)Cc1ccc(F)cc1Cl.CC(C)(C)OC(=O)N1CCCC[C@H]1C(=O)O.CI.CN(C(=O)[C@@H]1CCCCN1)c1ccc(F)cc1Cl.CN(C(=O)[C@@H]1CCCCN1C(=O)OC(C)(C)C)c1ccc(F)cc1Cl.Cl.Cl.Nc1ccc(F)cc1Cl. The van der Waals surface area contributed by atoms with Crippen LogP contribution in [-0.4, -0.2) is 189 Å². The maximum atomic E-state index is 13.2. The maximum absolute atomic E-state index is 13.2. The topological polar surface area (TPSA) is 279 Å². The van der Waals surface area contributed by atoms with Crippen molar-refractivity contribution in [1.82, 2.24) is 24.9 Å². The van der Waals surface area contributed by atoms with Crippen LogP contribution in [0.15, 0.2) is 116 Å². The molecule has 5 saturated heterocycles. The van der Waals surface area contributed by atoms with Crippen molar-refractivity contribution in [3.63, 3.8) is 0 Å². The summed E-state index contributed by atoms with van der Waals surface area (Å²) >= 11 is 36.3. The summed E-state index contributed by atoms with van der Waals surface area (Å²) in [6.07, 6.45) is 12.9. The van der Waals surface area contributed by atoms with E-state index in [1.807, 2.05) is 4.93 Å². The molecule has 5 aromatic carbocycles. The average Bonchev–Trinajstić information content (AvgIpc) is 0.813. The number of halogens is 14. The number of anilines is 4. The number of ether oxygens (including phenoxy) is 3. The van der Waals surface area contributed by atoms with Gasteiger partial charge < -0.3 is 50.0 Å². The lowest BCUT2D eigenvalue weighted by atomic mass is 9.95. The van der Waals surface area contributed by atoms with Crippen LogP contribution in [-0.2, 0) is 54.2 Å². The van der Waals surface area contributed by atoms with Gasteiger partial charge in [0.1, 0.15) is 64.0 Å². The van der Waals surface area contributed by atoms with Crippen LogP contribution in [0.4, 0.5) is 59.1 Å². The lowest BCUT2D eigenvalue weighted by Crippen LogP contribution is -2.53. The van der Waals surface area contributed by atoms with Gasteiger partial charge in [-0.3, -0.25) is 43.5 Å². The molecule has 5 aliphatic heterocycles. The zero-order valence-electron chi connectivity index (χ0n) is 71.3. The van der Waals surface area contributed by atoms with Gasteiger partial charge >= 0.3 is 24.2 Å². The van der Waals surface area contributed by atoms with Crippen molar-refractivity contribution >= 4 is 199 Å². The number of carboxylic acids is 1. The van der Waals surface area contributed by atoms with Gasteiger partial charge in [-0.2, -0.15) is 0 Å². The van der Waals surface area contributed by atoms with Crippen molar-refractivity contribution in [2.45, 2.75) is 212 Å². The Morgan fingerprint density at radius 1 is 0.463 bits per heavy atom. The third-order valence-electron chi connectivity index (χ3n) is 18.5. The third-order valence-corrected chi connectivity index (χ3v) is 20.2. The number of likely N-dealkylation sites (tertiary alicyclic amines) is 4. The molecule has 23 nitrogen and oxygen atoms in total. The first-order chi connectivity index (χ1) is 56.6. The Kier molecular flexibility index (Phi) is 51.0. The Bertz CT molecular complexity index is 4350. The van der Waals surface area contributed by atoms with E-state index in [-0.39, 0.29) is 97.6 Å². The number of carbonyl (C=O) groups excluding carboxylic acids is 9. The zero-order chi connectivity index (χ0) is 91.6. The zero-order valence-corrected chi connectivity index (χ0v) is 79.6. The molecule has 684 valence electrons. The number of alkyl halides is 1. The molecule has 37 heteroatoms. The van der Waals surface area contributed by atoms with Gasteiger partial charge in [-0.25, -0.2) is 41.1 Å². The minimum Gasteiger partial charge on any atom is -0.480 e. The number of piperidine rings is 5. The molecule has 10 rings (SSSR count). The summed E-state index contributed by atoms with van der Waals surface area (Å²) in [5, 5.41) is 12.7. The second kappa shape index (κ2) is 55.2. The van der Waals surface area contributed by atoms with Crippen molar-refractivity contribution in [1.29, 1.82) is 0 Å². The number of hydrogen-bond donors (Lipinski definition) is 3. The second-order valence-electron chi connectivity index (χ2n) is 31.2. The number of likely N-dealkylation sites (N-methyl/N-ethyl adjacent to an activating group) is 3. The normalized spacial score (nSPS) is 17.2.